The predicted octanol–water partition coefficient (Wildman–Crippen LogP) is 2.36. The minimum absolute atomic E-state index is 0.226. The van der Waals surface area contributed by atoms with Gasteiger partial charge in [-0.3, -0.25) is 4.79 Å². The van der Waals surface area contributed by atoms with Crippen LogP contribution in [0.4, 0.5) is 10.1 Å². The molecule has 2 aromatic carbocycles. The molecular formula is C20H21FN2O4. The lowest BCUT2D eigenvalue weighted by atomic mass is 10.1. The lowest BCUT2D eigenvalue weighted by molar-refractivity contribution is 0.0939. The molecule has 2 aromatic rings. The number of nitrogens with one attached hydrogen (secondary N) is 1. The van der Waals surface area contributed by atoms with Crippen LogP contribution in [0.2, 0.25) is 0 Å². The summed E-state index contributed by atoms with van der Waals surface area (Å²) in [5.74, 6) is 0.442. The van der Waals surface area contributed by atoms with Crippen molar-refractivity contribution in [1.29, 1.82) is 0 Å². The van der Waals surface area contributed by atoms with Crippen molar-refractivity contribution in [2.45, 2.75) is 6.54 Å². The first kappa shape index (κ1) is 17.6. The molecule has 2 aliphatic rings. The molecule has 27 heavy (non-hydrogen) atoms. The maximum Gasteiger partial charge on any atom is 0.255 e. The van der Waals surface area contributed by atoms with Crippen molar-refractivity contribution in [3.05, 3.63) is 53.3 Å². The zero-order valence-corrected chi connectivity index (χ0v) is 14.9. The van der Waals surface area contributed by atoms with Gasteiger partial charge >= 0.3 is 0 Å². The lowest BCUT2D eigenvalue weighted by Gasteiger charge is -2.29. The molecule has 0 radical (unpaired) electrons. The number of fused-ring (bicyclic) bond motifs is 1. The Bertz CT molecular complexity index is 837. The van der Waals surface area contributed by atoms with Crippen LogP contribution in [0.3, 0.4) is 0 Å². The van der Waals surface area contributed by atoms with Crippen molar-refractivity contribution in [2.75, 3.05) is 44.4 Å². The number of ether oxygens (including phenoxy) is 3. The molecule has 0 spiro atoms. The summed E-state index contributed by atoms with van der Waals surface area (Å²) in [6.07, 6.45) is 0. The molecular weight excluding hydrogens is 351 g/mol. The molecule has 1 saturated heterocycles. The van der Waals surface area contributed by atoms with Crippen molar-refractivity contribution in [2.24, 2.45) is 0 Å². The highest BCUT2D eigenvalue weighted by Gasteiger charge is 2.20. The van der Waals surface area contributed by atoms with E-state index in [0.717, 1.165) is 0 Å². The van der Waals surface area contributed by atoms with Gasteiger partial charge in [0.15, 0.2) is 11.5 Å². The average Bonchev–Trinajstić information content (AvgIpc) is 2.72. The molecule has 6 nitrogen and oxygen atoms in total. The van der Waals surface area contributed by atoms with E-state index in [1.54, 1.807) is 24.3 Å². The number of carbonyl (C=O) groups excluding carboxylic acids is 1. The van der Waals surface area contributed by atoms with E-state index in [9.17, 15) is 9.18 Å². The van der Waals surface area contributed by atoms with Gasteiger partial charge in [-0.05, 0) is 29.8 Å². The number of hydrogen-bond donors (Lipinski definition) is 1. The van der Waals surface area contributed by atoms with Crippen LogP contribution in [-0.4, -0.2) is 45.4 Å². The van der Waals surface area contributed by atoms with Gasteiger partial charge in [0.25, 0.3) is 5.91 Å². The summed E-state index contributed by atoms with van der Waals surface area (Å²) in [6.45, 7) is 3.65. The Labute approximate surface area is 156 Å². The Balaban J connectivity index is 1.43. The number of hydrogen-bond acceptors (Lipinski definition) is 5. The van der Waals surface area contributed by atoms with E-state index in [1.165, 1.54) is 6.07 Å². The molecule has 2 aliphatic heterocycles. The van der Waals surface area contributed by atoms with Crippen molar-refractivity contribution in [3.63, 3.8) is 0 Å². The van der Waals surface area contributed by atoms with E-state index in [4.69, 9.17) is 14.2 Å². The van der Waals surface area contributed by atoms with E-state index < -0.39 is 0 Å². The minimum Gasteiger partial charge on any atom is -0.486 e. The molecule has 0 bridgehead atoms. The van der Waals surface area contributed by atoms with Crippen LogP contribution < -0.4 is 19.7 Å². The molecule has 1 N–H and O–H groups in total. The van der Waals surface area contributed by atoms with Crippen molar-refractivity contribution < 1.29 is 23.4 Å². The number of morpholine rings is 1. The van der Waals surface area contributed by atoms with Gasteiger partial charge in [0.1, 0.15) is 19.0 Å². The van der Waals surface area contributed by atoms with Crippen molar-refractivity contribution >= 4 is 11.6 Å². The highest BCUT2D eigenvalue weighted by atomic mass is 19.1. The molecule has 4 rings (SSSR count). The summed E-state index contributed by atoms with van der Waals surface area (Å²) >= 11 is 0. The quantitative estimate of drug-likeness (QED) is 0.893. The molecule has 2 heterocycles. The summed E-state index contributed by atoms with van der Waals surface area (Å²) in [6, 6.07) is 10.2. The number of amides is 1. The van der Waals surface area contributed by atoms with Crippen LogP contribution in [0.15, 0.2) is 36.4 Å². The first-order valence-corrected chi connectivity index (χ1v) is 9.00. The van der Waals surface area contributed by atoms with Gasteiger partial charge in [-0.25, -0.2) is 4.39 Å². The largest absolute Gasteiger partial charge is 0.486 e. The molecule has 142 valence electrons. The fraction of sp³-hybridized carbons (Fsp3) is 0.350. The second kappa shape index (κ2) is 7.84. The summed E-state index contributed by atoms with van der Waals surface area (Å²) in [7, 11) is 0. The maximum absolute atomic E-state index is 14.5. The molecule has 0 aliphatic carbocycles. The molecule has 0 atom stereocenters. The molecule has 1 amide bonds. The van der Waals surface area contributed by atoms with Gasteiger partial charge in [-0.15, -0.1) is 0 Å². The summed E-state index contributed by atoms with van der Waals surface area (Å²) < 4.78 is 30.8. The lowest BCUT2D eigenvalue weighted by Crippen LogP contribution is -2.36. The molecule has 7 heteroatoms. The van der Waals surface area contributed by atoms with Crippen molar-refractivity contribution in [1.82, 2.24) is 5.32 Å². The second-order valence-corrected chi connectivity index (χ2v) is 6.40. The van der Waals surface area contributed by atoms with Gasteiger partial charge in [-0.1, -0.05) is 12.1 Å². The Kier molecular flexibility index (Phi) is 5.11. The molecule has 0 aromatic heterocycles. The van der Waals surface area contributed by atoms with Crippen LogP contribution in [0.5, 0.6) is 11.5 Å². The summed E-state index contributed by atoms with van der Waals surface area (Å²) in [5.41, 5.74) is 1.67. The normalized spacial score (nSPS) is 16.1. The smallest absolute Gasteiger partial charge is 0.255 e. The van der Waals surface area contributed by atoms with E-state index in [1.807, 2.05) is 11.0 Å². The van der Waals surface area contributed by atoms with Crippen LogP contribution in [0.1, 0.15) is 15.9 Å². The average molecular weight is 372 g/mol. The van der Waals surface area contributed by atoms with Gasteiger partial charge in [0.2, 0.25) is 0 Å². The van der Waals surface area contributed by atoms with Crippen molar-refractivity contribution in [3.8, 4) is 11.5 Å². The third-order valence-electron chi connectivity index (χ3n) is 4.63. The number of nitrogens with zero attached hydrogens (tertiary/aromatic N) is 1. The minimum atomic E-state index is -0.294. The van der Waals surface area contributed by atoms with Crippen LogP contribution in [0.25, 0.3) is 0 Å². The van der Waals surface area contributed by atoms with Gasteiger partial charge < -0.3 is 24.4 Å². The van der Waals surface area contributed by atoms with Crippen LogP contribution in [0, 0.1) is 5.82 Å². The van der Waals surface area contributed by atoms with E-state index in [-0.39, 0.29) is 18.3 Å². The Morgan fingerprint density at radius 2 is 1.89 bits per heavy atom. The zero-order valence-electron chi connectivity index (χ0n) is 14.9. The van der Waals surface area contributed by atoms with E-state index in [2.05, 4.69) is 5.32 Å². The number of para-hydroxylation sites is 1. The fourth-order valence-corrected chi connectivity index (χ4v) is 3.25. The monoisotopic (exact) mass is 372 g/mol. The first-order chi connectivity index (χ1) is 13.2. The fourth-order valence-electron chi connectivity index (χ4n) is 3.25. The predicted molar refractivity (Wildman–Crippen MR) is 98.0 cm³/mol. The van der Waals surface area contributed by atoms with Crippen LogP contribution >= 0.6 is 0 Å². The topological polar surface area (TPSA) is 60.0 Å². The highest BCUT2D eigenvalue weighted by molar-refractivity contribution is 5.97. The third-order valence-corrected chi connectivity index (χ3v) is 4.63. The number of carbonyl (C=O) groups is 1. The number of rotatable bonds is 4. The standard InChI is InChI=1S/C20H21FN2O4/c21-16-12-14(4-5-17(16)23-6-8-25-9-7-23)13-22-20(24)15-2-1-3-18-19(15)27-11-10-26-18/h1-5,12H,6-11,13H2,(H,22,24). The number of halogens is 1. The van der Waals surface area contributed by atoms with E-state index >= 15 is 0 Å². The van der Waals surface area contributed by atoms with Crippen LogP contribution in [-0.2, 0) is 11.3 Å². The number of anilines is 1. The molecule has 1 fully saturated rings. The molecule has 0 saturated carbocycles. The van der Waals surface area contributed by atoms with E-state index in [0.29, 0.717) is 67.8 Å². The second-order valence-electron chi connectivity index (χ2n) is 6.40. The Morgan fingerprint density at radius 3 is 2.70 bits per heavy atom. The highest BCUT2D eigenvalue weighted by Crippen LogP contribution is 2.33. The Hall–Kier alpha value is -2.80. The first-order valence-electron chi connectivity index (χ1n) is 9.00. The summed E-state index contributed by atoms with van der Waals surface area (Å²) in [5, 5.41) is 2.82. The summed E-state index contributed by atoms with van der Waals surface area (Å²) in [4.78, 5) is 14.5. The van der Waals surface area contributed by atoms with Gasteiger partial charge in [0.05, 0.1) is 24.5 Å². The third kappa shape index (κ3) is 3.83. The van der Waals surface area contributed by atoms with Gasteiger partial charge in [0, 0.05) is 19.6 Å². The zero-order chi connectivity index (χ0) is 18.6. The Morgan fingerprint density at radius 1 is 1.07 bits per heavy atom. The molecule has 0 unspecified atom stereocenters. The SMILES string of the molecule is O=C(NCc1ccc(N2CCOCC2)c(F)c1)c1cccc2c1OCCO2. The maximum atomic E-state index is 14.5. The van der Waals surface area contributed by atoms with Gasteiger partial charge in [-0.2, -0.15) is 0 Å². The number of benzene rings is 2.